The fourth-order valence-electron chi connectivity index (χ4n) is 4.50. The standard InChI is InChI=1S/C21H27N3OS/c1-17-3-4-19(26-17)16-23-13-2-8-21(10-14-23)9-5-20(25)24(21)15-18-6-11-22-12-7-18/h3-4,6-7,11-12H,2,5,8-10,13-16H2,1H3. The monoisotopic (exact) mass is 369 g/mol. The van der Waals surface area contributed by atoms with Crippen molar-refractivity contribution in [3.8, 4) is 0 Å². The normalized spacial score (nSPS) is 24.3. The fourth-order valence-corrected chi connectivity index (χ4v) is 5.44. The van der Waals surface area contributed by atoms with Gasteiger partial charge in [-0.15, -0.1) is 11.3 Å². The van der Waals surface area contributed by atoms with Crippen LogP contribution < -0.4 is 0 Å². The molecule has 0 saturated carbocycles. The number of aryl methyl sites for hydroxylation is 1. The molecule has 0 aliphatic carbocycles. The van der Waals surface area contributed by atoms with Crippen LogP contribution in [0.5, 0.6) is 0 Å². The predicted octanol–water partition coefficient (Wildman–Crippen LogP) is 4.00. The van der Waals surface area contributed by atoms with Crippen LogP contribution in [0.1, 0.15) is 47.4 Å². The molecule has 2 aromatic rings. The molecule has 0 radical (unpaired) electrons. The minimum Gasteiger partial charge on any atom is -0.333 e. The second kappa shape index (κ2) is 7.49. The van der Waals surface area contributed by atoms with Crippen LogP contribution in [-0.2, 0) is 17.9 Å². The van der Waals surface area contributed by atoms with Crippen molar-refractivity contribution in [3.05, 3.63) is 52.0 Å². The van der Waals surface area contributed by atoms with Crippen LogP contribution in [0.2, 0.25) is 0 Å². The maximum atomic E-state index is 12.6. The van der Waals surface area contributed by atoms with Crippen molar-refractivity contribution in [1.82, 2.24) is 14.8 Å². The Labute approximate surface area is 159 Å². The molecule has 0 bridgehead atoms. The molecule has 0 aromatic carbocycles. The van der Waals surface area contributed by atoms with Gasteiger partial charge in [0.25, 0.3) is 0 Å². The molecule has 2 aliphatic heterocycles. The maximum Gasteiger partial charge on any atom is 0.223 e. The highest BCUT2D eigenvalue weighted by Crippen LogP contribution is 2.40. The highest BCUT2D eigenvalue weighted by molar-refractivity contribution is 7.11. The van der Waals surface area contributed by atoms with Crippen molar-refractivity contribution in [2.75, 3.05) is 13.1 Å². The summed E-state index contributed by atoms with van der Waals surface area (Å²) in [6, 6.07) is 8.53. The summed E-state index contributed by atoms with van der Waals surface area (Å²) < 4.78 is 0. The number of carbonyl (C=O) groups excluding carboxylic acids is 1. The summed E-state index contributed by atoms with van der Waals surface area (Å²) >= 11 is 1.90. The Balaban J connectivity index is 1.46. The lowest BCUT2D eigenvalue weighted by molar-refractivity contribution is -0.132. The van der Waals surface area contributed by atoms with E-state index < -0.39 is 0 Å². The number of hydrogen-bond acceptors (Lipinski definition) is 4. The molecule has 1 unspecified atom stereocenters. The number of pyridine rings is 1. The summed E-state index contributed by atoms with van der Waals surface area (Å²) in [7, 11) is 0. The fraction of sp³-hybridized carbons (Fsp3) is 0.524. The van der Waals surface area contributed by atoms with Crippen molar-refractivity contribution in [3.63, 3.8) is 0 Å². The third-order valence-electron chi connectivity index (χ3n) is 5.95. The van der Waals surface area contributed by atoms with Gasteiger partial charge in [-0.3, -0.25) is 14.7 Å². The van der Waals surface area contributed by atoms with Crippen molar-refractivity contribution < 1.29 is 4.79 Å². The van der Waals surface area contributed by atoms with Gasteiger partial charge in [0.1, 0.15) is 0 Å². The Hall–Kier alpha value is -1.72. The molecular formula is C21H27N3OS. The zero-order valence-corrected chi connectivity index (χ0v) is 16.3. The number of aromatic nitrogens is 1. The highest BCUT2D eigenvalue weighted by Gasteiger charge is 2.45. The first-order chi connectivity index (χ1) is 12.6. The van der Waals surface area contributed by atoms with Crippen LogP contribution in [0.3, 0.4) is 0 Å². The van der Waals surface area contributed by atoms with Gasteiger partial charge >= 0.3 is 0 Å². The SMILES string of the molecule is Cc1ccc(CN2CCCC3(CCC(=O)N3Cc3ccncc3)CC2)s1. The van der Waals surface area contributed by atoms with E-state index in [1.807, 2.05) is 35.9 Å². The summed E-state index contributed by atoms with van der Waals surface area (Å²) in [6.07, 6.45) is 8.75. The van der Waals surface area contributed by atoms with Crippen molar-refractivity contribution >= 4 is 17.2 Å². The molecule has 0 N–H and O–H groups in total. The van der Waals surface area contributed by atoms with Crippen LogP contribution in [-0.4, -0.2) is 39.3 Å². The first kappa shape index (κ1) is 17.7. The van der Waals surface area contributed by atoms with Gasteiger partial charge in [0.2, 0.25) is 5.91 Å². The van der Waals surface area contributed by atoms with Gasteiger partial charge in [-0.2, -0.15) is 0 Å². The van der Waals surface area contributed by atoms with Crippen LogP contribution in [0.15, 0.2) is 36.7 Å². The van der Waals surface area contributed by atoms with Gasteiger partial charge in [-0.25, -0.2) is 0 Å². The summed E-state index contributed by atoms with van der Waals surface area (Å²) in [6.45, 7) is 6.16. The van der Waals surface area contributed by atoms with E-state index in [9.17, 15) is 4.79 Å². The molecule has 2 aliphatic rings. The van der Waals surface area contributed by atoms with Gasteiger partial charge in [0.05, 0.1) is 0 Å². The van der Waals surface area contributed by atoms with Crippen LogP contribution >= 0.6 is 11.3 Å². The molecule has 1 spiro atoms. The first-order valence-electron chi connectivity index (χ1n) is 9.62. The van der Waals surface area contributed by atoms with E-state index >= 15 is 0 Å². The Kier molecular flexibility index (Phi) is 5.09. The smallest absolute Gasteiger partial charge is 0.223 e. The third-order valence-corrected chi connectivity index (χ3v) is 6.94. The van der Waals surface area contributed by atoms with E-state index in [4.69, 9.17) is 0 Å². The molecular weight excluding hydrogens is 342 g/mol. The Morgan fingerprint density at radius 3 is 2.69 bits per heavy atom. The minimum atomic E-state index is 0.0560. The van der Waals surface area contributed by atoms with Crippen LogP contribution in [0.25, 0.3) is 0 Å². The molecule has 26 heavy (non-hydrogen) atoms. The minimum absolute atomic E-state index is 0.0560. The summed E-state index contributed by atoms with van der Waals surface area (Å²) in [4.78, 5) is 24.3. The van der Waals surface area contributed by atoms with Crippen LogP contribution in [0.4, 0.5) is 0 Å². The Morgan fingerprint density at radius 2 is 1.92 bits per heavy atom. The summed E-state index contributed by atoms with van der Waals surface area (Å²) in [5.74, 6) is 0.323. The number of hydrogen-bond donors (Lipinski definition) is 0. The lowest BCUT2D eigenvalue weighted by Gasteiger charge is -2.38. The average Bonchev–Trinajstić information content (AvgIpc) is 3.10. The molecule has 4 nitrogen and oxygen atoms in total. The van der Waals surface area contributed by atoms with E-state index in [1.54, 1.807) is 0 Å². The van der Waals surface area contributed by atoms with E-state index in [0.29, 0.717) is 12.3 Å². The zero-order valence-electron chi connectivity index (χ0n) is 15.5. The molecule has 1 atom stereocenters. The molecule has 1 amide bonds. The molecule has 2 aromatic heterocycles. The zero-order chi connectivity index (χ0) is 18.0. The van der Waals surface area contributed by atoms with E-state index in [1.165, 1.54) is 21.7 Å². The van der Waals surface area contributed by atoms with E-state index in [0.717, 1.165) is 45.4 Å². The van der Waals surface area contributed by atoms with E-state index in [-0.39, 0.29) is 5.54 Å². The summed E-state index contributed by atoms with van der Waals surface area (Å²) in [5.41, 5.74) is 1.24. The Morgan fingerprint density at radius 1 is 1.08 bits per heavy atom. The number of nitrogens with zero attached hydrogens (tertiary/aromatic N) is 3. The Bertz CT molecular complexity index is 760. The van der Waals surface area contributed by atoms with E-state index in [2.05, 4.69) is 33.8 Å². The van der Waals surface area contributed by atoms with Crippen LogP contribution in [0, 0.1) is 6.92 Å². The first-order valence-corrected chi connectivity index (χ1v) is 10.4. The maximum absolute atomic E-state index is 12.6. The number of carbonyl (C=O) groups is 1. The van der Waals surface area contributed by atoms with Crippen molar-refractivity contribution in [2.45, 2.75) is 57.7 Å². The van der Waals surface area contributed by atoms with Gasteiger partial charge in [-0.05, 0) is 69.0 Å². The second-order valence-corrected chi connectivity index (χ2v) is 9.07. The second-order valence-electron chi connectivity index (χ2n) is 7.70. The highest BCUT2D eigenvalue weighted by atomic mass is 32.1. The third kappa shape index (κ3) is 3.69. The summed E-state index contributed by atoms with van der Waals surface area (Å²) in [5, 5.41) is 0. The lowest BCUT2D eigenvalue weighted by Crippen LogP contribution is -2.45. The number of amides is 1. The van der Waals surface area contributed by atoms with Gasteiger partial charge < -0.3 is 4.90 Å². The van der Waals surface area contributed by atoms with Gasteiger partial charge in [0, 0.05) is 53.7 Å². The molecule has 138 valence electrons. The topological polar surface area (TPSA) is 36.4 Å². The largest absolute Gasteiger partial charge is 0.333 e. The number of rotatable bonds is 4. The quantitative estimate of drug-likeness (QED) is 0.817. The van der Waals surface area contributed by atoms with Gasteiger partial charge in [-0.1, -0.05) is 0 Å². The number of likely N-dealkylation sites (tertiary alicyclic amines) is 2. The molecule has 4 heterocycles. The molecule has 4 rings (SSSR count). The van der Waals surface area contributed by atoms with Crippen molar-refractivity contribution in [2.24, 2.45) is 0 Å². The molecule has 5 heteroatoms. The van der Waals surface area contributed by atoms with Crippen molar-refractivity contribution in [1.29, 1.82) is 0 Å². The molecule has 2 fully saturated rings. The van der Waals surface area contributed by atoms with Gasteiger partial charge in [0.15, 0.2) is 0 Å². The predicted molar refractivity (Wildman–Crippen MR) is 105 cm³/mol. The number of thiophene rings is 1. The average molecular weight is 370 g/mol. The molecule has 2 saturated heterocycles. The lowest BCUT2D eigenvalue weighted by atomic mass is 9.87.